The molecule has 3 fully saturated rings. The number of piperidine rings is 1. The van der Waals surface area contributed by atoms with Crippen molar-refractivity contribution < 1.29 is 22.7 Å². The van der Waals surface area contributed by atoms with Gasteiger partial charge in [0.05, 0.1) is 30.0 Å². The largest absolute Gasteiger partial charge is 0.379 e. The van der Waals surface area contributed by atoms with Crippen molar-refractivity contribution in [3.63, 3.8) is 0 Å². The summed E-state index contributed by atoms with van der Waals surface area (Å²) in [6.45, 7) is 5.07. The van der Waals surface area contributed by atoms with Gasteiger partial charge in [-0.25, -0.2) is 13.4 Å². The van der Waals surface area contributed by atoms with Crippen LogP contribution in [0.15, 0.2) is 22.5 Å². The molecule has 2 atom stereocenters. The number of hydrogen-bond acceptors (Lipinski definition) is 8. The molecule has 0 saturated carbocycles. The summed E-state index contributed by atoms with van der Waals surface area (Å²) in [6, 6.07) is 4.19. The van der Waals surface area contributed by atoms with E-state index in [2.05, 4.69) is 14.6 Å². The number of carbonyl (C=O) groups is 2. The van der Waals surface area contributed by atoms with Crippen molar-refractivity contribution >= 4 is 55.0 Å². The highest BCUT2D eigenvalue weighted by atomic mass is 35.5. The van der Waals surface area contributed by atoms with Crippen molar-refractivity contribution in [2.24, 2.45) is 0 Å². The number of aromatic nitrogens is 1. The van der Waals surface area contributed by atoms with Crippen molar-refractivity contribution in [3.05, 3.63) is 23.2 Å². The molecule has 0 bridgehead atoms. The molecule has 3 saturated heterocycles. The number of benzene rings is 1. The number of amides is 2. The van der Waals surface area contributed by atoms with E-state index in [1.807, 2.05) is 4.90 Å². The summed E-state index contributed by atoms with van der Waals surface area (Å²) in [5.41, 5.74) is 0.532. The average molecular weight is 556 g/mol. The summed E-state index contributed by atoms with van der Waals surface area (Å²) >= 11 is 7.01. The van der Waals surface area contributed by atoms with Gasteiger partial charge in [0.25, 0.3) is 10.0 Å². The minimum absolute atomic E-state index is 0.0314. The molecular weight excluding hydrogens is 526 g/mol. The number of rotatable bonds is 7. The van der Waals surface area contributed by atoms with Crippen LogP contribution in [0, 0.1) is 0 Å². The quantitative estimate of drug-likeness (QED) is 0.551. The second-order valence-electron chi connectivity index (χ2n) is 9.46. The number of hydrogen-bond donors (Lipinski definition) is 1. The Balaban J connectivity index is 1.21. The molecular formula is C23H30ClN5O5S2. The highest BCUT2D eigenvalue weighted by molar-refractivity contribution is 7.91. The zero-order chi connectivity index (χ0) is 25.3. The molecule has 2 amide bonds. The second-order valence-corrected chi connectivity index (χ2v) is 12.8. The Morgan fingerprint density at radius 1 is 1.17 bits per heavy atom. The SMILES string of the molecule is O=C1C(NS(=O)(=O)c2nc3ccc(Cl)cc3s2)CCCN1CC(=O)N1CCCC1CN1CCOCC1. The molecule has 10 nitrogen and oxygen atoms in total. The Bertz CT molecular complexity index is 1230. The molecule has 0 aliphatic carbocycles. The molecule has 5 rings (SSSR count). The molecule has 3 aliphatic rings. The van der Waals surface area contributed by atoms with Crippen LogP contribution in [0.1, 0.15) is 25.7 Å². The van der Waals surface area contributed by atoms with E-state index in [4.69, 9.17) is 16.3 Å². The van der Waals surface area contributed by atoms with Gasteiger partial charge in [0.2, 0.25) is 16.2 Å². The maximum absolute atomic E-state index is 13.2. The molecule has 13 heteroatoms. The van der Waals surface area contributed by atoms with E-state index >= 15 is 0 Å². The number of fused-ring (bicyclic) bond motifs is 1. The van der Waals surface area contributed by atoms with E-state index in [1.165, 1.54) is 4.90 Å². The van der Waals surface area contributed by atoms with Crippen molar-refractivity contribution in [1.29, 1.82) is 0 Å². The molecule has 2 aromatic rings. The van der Waals surface area contributed by atoms with E-state index in [1.54, 1.807) is 18.2 Å². The molecule has 196 valence electrons. The lowest BCUT2D eigenvalue weighted by Gasteiger charge is -2.35. The normalized spacial score (nSPS) is 24.1. The first-order valence-electron chi connectivity index (χ1n) is 12.3. The fourth-order valence-corrected chi connectivity index (χ4v) is 7.86. The third-order valence-corrected chi connectivity index (χ3v) is 10.1. The third-order valence-electron chi connectivity index (χ3n) is 6.99. The molecule has 36 heavy (non-hydrogen) atoms. The summed E-state index contributed by atoms with van der Waals surface area (Å²) in [7, 11) is -4.00. The van der Waals surface area contributed by atoms with Gasteiger partial charge in [-0.1, -0.05) is 11.6 Å². The summed E-state index contributed by atoms with van der Waals surface area (Å²) < 4.78 is 34.5. The van der Waals surface area contributed by atoms with Gasteiger partial charge in [-0.2, -0.15) is 4.72 Å². The van der Waals surface area contributed by atoms with E-state index in [-0.39, 0.29) is 28.7 Å². The molecule has 3 aliphatic heterocycles. The van der Waals surface area contributed by atoms with E-state index in [0.29, 0.717) is 54.4 Å². The van der Waals surface area contributed by atoms with Crippen LogP contribution < -0.4 is 4.72 Å². The summed E-state index contributed by atoms with van der Waals surface area (Å²) in [4.78, 5) is 36.3. The maximum atomic E-state index is 13.2. The van der Waals surface area contributed by atoms with Crippen molar-refractivity contribution in [2.45, 2.75) is 42.1 Å². The topological polar surface area (TPSA) is 112 Å². The van der Waals surface area contributed by atoms with Gasteiger partial charge in [-0.05, 0) is 43.9 Å². The number of ether oxygens (including phenoxy) is 1. The van der Waals surface area contributed by atoms with Crippen molar-refractivity contribution in [1.82, 2.24) is 24.4 Å². The molecule has 2 unspecified atom stereocenters. The summed E-state index contributed by atoms with van der Waals surface area (Å²) in [6.07, 6.45) is 2.89. The minimum Gasteiger partial charge on any atom is -0.379 e. The number of carbonyl (C=O) groups excluding carboxylic acids is 2. The van der Waals surface area contributed by atoms with Crippen LogP contribution >= 0.6 is 22.9 Å². The zero-order valence-electron chi connectivity index (χ0n) is 19.9. The smallest absolute Gasteiger partial charge is 0.268 e. The Morgan fingerprint density at radius 2 is 1.94 bits per heavy atom. The fourth-order valence-electron chi connectivity index (χ4n) is 5.13. The number of halogens is 1. The summed E-state index contributed by atoms with van der Waals surface area (Å²) in [5, 5.41) is 0.496. The monoisotopic (exact) mass is 555 g/mol. The predicted octanol–water partition coefficient (Wildman–Crippen LogP) is 1.54. The third kappa shape index (κ3) is 5.68. The van der Waals surface area contributed by atoms with Crippen LogP contribution in [0.3, 0.4) is 0 Å². The zero-order valence-corrected chi connectivity index (χ0v) is 22.3. The number of likely N-dealkylation sites (tertiary alicyclic amines) is 2. The average Bonchev–Trinajstić information content (AvgIpc) is 3.49. The number of morpholine rings is 1. The van der Waals surface area contributed by atoms with Gasteiger partial charge >= 0.3 is 0 Å². The van der Waals surface area contributed by atoms with Crippen LogP contribution in [-0.4, -0.2) is 104 Å². The molecule has 0 spiro atoms. The first-order valence-corrected chi connectivity index (χ1v) is 14.9. The van der Waals surface area contributed by atoms with E-state index < -0.39 is 16.1 Å². The second kappa shape index (κ2) is 10.9. The van der Waals surface area contributed by atoms with Crippen LogP contribution in [0.2, 0.25) is 5.02 Å². The number of nitrogens with zero attached hydrogens (tertiary/aromatic N) is 4. The standard InChI is InChI=1S/C23H30ClN5O5S2/c24-16-5-6-18-20(13-16)35-23(25-18)36(32,33)26-19-4-2-7-28(22(19)31)15-21(30)29-8-1-3-17(29)14-27-9-11-34-12-10-27/h5-6,13,17,19,26H,1-4,7-12,14-15H2. The molecule has 0 radical (unpaired) electrons. The number of thiazole rings is 1. The fraction of sp³-hybridized carbons (Fsp3) is 0.609. The minimum atomic E-state index is -4.00. The molecule has 4 heterocycles. The highest BCUT2D eigenvalue weighted by Crippen LogP contribution is 2.28. The Kier molecular flexibility index (Phi) is 7.80. The van der Waals surface area contributed by atoms with Gasteiger partial charge in [0.1, 0.15) is 6.04 Å². The van der Waals surface area contributed by atoms with E-state index in [0.717, 1.165) is 43.8 Å². The predicted molar refractivity (Wildman–Crippen MR) is 137 cm³/mol. The Morgan fingerprint density at radius 3 is 2.75 bits per heavy atom. The van der Waals surface area contributed by atoms with Crippen LogP contribution in [0.25, 0.3) is 10.2 Å². The lowest BCUT2D eigenvalue weighted by atomic mass is 10.1. The van der Waals surface area contributed by atoms with Gasteiger partial charge in [0, 0.05) is 43.8 Å². The van der Waals surface area contributed by atoms with Crippen LogP contribution in [0.4, 0.5) is 0 Å². The van der Waals surface area contributed by atoms with Crippen LogP contribution in [-0.2, 0) is 24.3 Å². The Hall–Kier alpha value is -1.83. The van der Waals surface area contributed by atoms with Crippen molar-refractivity contribution in [2.75, 3.05) is 52.5 Å². The van der Waals surface area contributed by atoms with Crippen molar-refractivity contribution in [3.8, 4) is 0 Å². The van der Waals surface area contributed by atoms with Gasteiger partial charge in [-0.3, -0.25) is 14.5 Å². The lowest BCUT2D eigenvalue weighted by Crippen LogP contribution is -2.55. The first kappa shape index (κ1) is 25.8. The van der Waals surface area contributed by atoms with Gasteiger partial charge < -0.3 is 14.5 Å². The maximum Gasteiger partial charge on any atom is 0.268 e. The lowest BCUT2D eigenvalue weighted by molar-refractivity contribution is -0.143. The summed E-state index contributed by atoms with van der Waals surface area (Å²) in [5.74, 6) is -0.447. The molecule has 1 aromatic carbocycles. The number of nitrogens with one attached hydrogen (secondary N) is 1. The first-order chi connectivity index (χ1) is 17.3. The van der Waals surface area contributed by atoms with Gasteiger partial charge in [-0.15, -0.1) is 11.3 Å². The number of sulfonamides is 1. The van der Waals surface area contributed by atoms with Gasteiger partial charge in [0.15, 0.2) is 0 Å². The Labute approximate surface area is 219 Å². The van der Waals surface area contributed by atoms with Crippen LogP contribution in [0.5, 0.6) is 0 Å². The van der Waals surface area contributed by atoms with E-state index in [9.17, 15) is 18.0 Å². The highest BCUT2D eigenvalue weighted by Gasteiger charge is 2.37. The molecule has 1 aromatic heterocycles. The molecule has 1 N–H and O–H groups in total.